The van der Waals surface area contributed by atoms with Gasteiger partial charge in [-0.2, -0.15) is 0 Å². The van der Waals surface area contributed by atoms with Crippen molar-refractivity contribution in [2.75, 3.05) is 0 Å². The summed E-state index contributed by atoms with van der Waals surface area (Å²) in [6.45, 7) is 0. The van der Waals surface area contributed by atoms with Gasteiger partial charge < -0.3 is 24.7 Å². The van der Waals surface area contributed by atoms with E-state index in [1.165, 1.54) is 18.2 Å². The van der Waals surface area contributed by atoms with Crippen molar-refractivity contribution in [2.45, 2.75) is 0 Å². The van der Waals surface area contributed by atoms with Crippen molar-refractivity contribution in [3.05, 3.63) is 127 Å². The number of hydrogen-bond donors (Lipinski definition) is 6. The number of carboxylic acids is 2. The number of nitrogens with zero attached hydrogens (tertiary/aromatic N) is 4. The van der Waals surface area contributed by atoms with Crippen LogP contribution in [0.3, 0.4) is 0 Å². The highest BCUT2D eigenvalue weighted by Gasteiger charge is 2.18. The van der Waals surface area contributed by atoms with Crippen LogP contribution in [0.1, 0.15) is 43.4 Å². The standard InChI is InChI=1S/C32H18N8O8/c41-24-16-23(47-29-26(31(43)44)35-39-37-29)15-22(33-24)11-8-18-4-2-6-21(14-18)20-5-1-3-17(13-20)7-9-19-10-12-25(34-28(19)42)48-30-27(32(45)46)36-40-38-30/h1-6,10,12-16H,(H,33,41)(H,34,42)(H,43,44)(H,45,46)(H,35,37,39)(H,36,38,40). The van der Waals surface area contributed by atoms with Gasteiger partial charge in [0.15, 0.2) is 0 Å². The van der Waals surface area contributed by atoms with Gasteiger partial charge in [0.1, 0.15) is 5.75 Å². The number of pyridine rings is 2. The van der Waals surface area contributed by atoms with Crippen molar-refractivity contribution >= 4 is 11.9 Å². The van der Waals surface area contributed by atoms with E-state index in [4.69, 9.17) is 14.6 Å². The summed E-state index contributed by atoms with van der Waals surface area (Å²) < 4.78 is 10.8. The number of aromatic nitrogens is 8. The number of aromatic amines is 4. The van der Waals surface area contributed by atoms with E-state index in [0.717, 1.165) is 17.2 Å². The van der Waals surface area contributed by atoms with Crippen LogP contribution in [0.5, 0.6) is 23.4 Å². The third-order valence-corrected chi connectivity index (χ3v) is 6.31. The zero-order valence-electron chi connectivity index (χ0n) is 24.1. The smallest absolute Gasteiger partial charge is 0.362 e. The normalized spacial score (nSPS) is 10.2. The summed E-state index contributed by atoms with van der Waals surface area (Å²) in [5.74, 6) is 8.50. The molecule has 0 spiro atoms. The van der Waals surface area contributed by atoms with Crippen LogP contribution in [0.25, 0.3) is 11.1 Å². The highest BCUT2D eigenvalue weighted by molar-refractivity contribution is 5.88. The second kappa shape index (κ2) is 13.1. The first-order valence-electron chi connectivity index (χ1n) is 13.6. The SMILES string of the molecule is O=C(O)c1nn[nH]c1Oc1cc(C#Cc2cccc(-c3cccc(C#Cc4ccc(Oc5[nH]nnc5C(=O)O)[nH]c4=O)c3)c2)[nH]c(=O)c1. The molecule has 0 aliphatic rings. The van der Waals surface area contributed by atoms with Crippen LogP contribution in [0.15, 0.2) is 82.4 Å². The van der Waals surface area contributed by atoms with Gasteiger partial charge in [-0.3, -0.25) is 14.6 Å². The fraction of sp³-hybridized carbons (Fsp3) is 0. The van der Waals surface area contributed by atoms with Crippen LogP contribution < -0.4 is 20.6 Å². The minimum absolute atomic E-state index is 0.0301. The molecule has 0 aliphatic carbocycles. The Morgan fingerprint density at radius 1 is 0.667 bits per heavy atom. The number of hydrogen-bond acceptors (Lipinski definition) is 10. The maximum atomic E-state index is 12.6. The van der Waals surface area contributed by atoms with Crippen molar-refractivity contribution in [3.8, 4) is 58.2 Å². The van der Waals surface area contributed by atoms with Gasteiger partial charge in [0.05, 0.1) is 11.3 Å². The molecule has 0 amide bonds. The van der Waals surface area contributed by atoms with Crippen LogP contribution in [-0.2, 0) is 0 Å². The number of rotatable bonds is 7. The first-order valence-corrected chi connectivity index (χ1v) is 13.6. The fourth-order valence-electron chi connectivity index (χ4n) is 4.18. The van der Waals surface area contributed by atoms with Crippen LogP contribution in [0, 0.1) is 23.7 Å². The highest BCUT2D eigenvalue weighted by atomic mass is 16.5. The van der Waals surface area contributed by atoms with Crippen molar-refractivity contribution in [2.24, 2.45) is 0 Å². The minimum atomic E-state index is -1.35. The van der Waals surface area contributed by atoms with Crippen LogP contribution >= 0.6 is 0 Å². The minimum Gasteiger partial charge on any atom is -0.476 e. The summed E-state index contributed by atoms with van der Waals surface area (Å²) in [7, 11) is 0. The van der Waals surface area contributed by atoms with Crippen LogP contribution in [0.2, 0.25) is 0 Å². The molecule has 0 radical (unpaired) electrons. The summed E-state index contributed by atoms with van der Waals surface area (Å²) in [4.78, 5) is 52.3. The molecule has 0 saturated carbocycles. The largest absolute Gasteiger partial charge is 0.476 e. The maximum Gasteiger partial charge on any atom is 0.362 e. The summed E-state index contributed by atoms with van der Waals surface area (Å²) in [5, 5.41) is 36.6. The molecule has 0 fully saturated rings. The molecule has 48 heavy (non-hydrogen) atoms. The van der Waals surface area contributed by atoms with Crippen molar-refractivity contribution in [1.29, 1.82) is 0 Å². The first-order chi connectivity index (χ1) is 23.2. The molecule has 6 N–H and O–H groups in total. The first kappa shape index (κ1) is 30.3. The Kier molecular flexibility index (Phi) is 8.27. The Labute approximate surface area is 267 Å². The molecule has 4 aromatic heterocycles. The lowest BCUT2D eigenvalue weighted by atomic mass is 10.0. The molecule has 4 heterocycles. The van der Waals surface area contributed by atoms with Gasteiger partial charge in [-0.05, 0) is 47.4 Å². The molecular weight excluding hydrogens is 624 g/mol. The Morgan fingerprint density at radius 3 is 1.88 bits per heavy atom. The molecule has 234 valence electrons. The Bertz CT molecular complexity index is 2450. The van der Waals surface area contributed by atoms with Gasteiger partial charge in [0, 0.05) is 29.3 Å². The highest BCUT2D eigenvalue weighted by Crippen LogP contribution is 2.23. The van der Waals surface area contributed by atoms with Crippen LogP contribution in [-0.4, -0.2) is 62.9 Å². The lowest BCUT2D eigenvalue weighted by Crippen LogP contribution is -2.10. The molecule has 2 aromatic carbocycles. The number of H-pyrrole nitrogens is 4. The van der Waals surface area contributed by atoms with Gasteiger partial charge in [0.2, 0.25) is 17.3 Å². The van der Waals surface area contributed by atoms with Gasteiger partial charge in [0.25, 0.3) is 22.9 Å². The van der Waals surface area contributed by atoms with Crippen molar-refractivity contribution in [1.82, 2.24) is 40.8 Å². The zero-order chi connectivity index (χ0) is 33.6. The fourth-order valence-corrected chi connectivity index (χ4v) is 4.18. The molecule has 6 aromatic rings. The van der Waals surface area contributed by atoms with E-state index in [0.29, 0.717) is 11.1 Å². The third kappa shape index (κ3) is 6.98. The second-order valence-electron chi connectivity index (χ2n) is 9.61. The van der Waals surface area contributed by atoms with E-state index in [1.807, 2.05) is 36.4 Å². The predicted molar refractivity (Wildman–Crippen MR) is 165 cm³/mol. The zero-order valence-corrected chi connectivity index (χ0v) is 24.1. The van der Waals surface area contributed by atoms with Gasteiger partial charge >= 0.3 is 11.9 Å². The number of benzene rings is 2. The number of carbonyl (C=O) groups is 2. The van der Waals surface area contributed by atoms with Gasteiger partial charge in [-0.25, -0.2) is 19.8 Å². The number of nitrogens with one attached hydrogen (secondary N) is 4. The Morgan fingerprint density at radius 2 is 1.27 bits per heavy atom. The van der Waals surface area contributed by atoms with Gasteiger partial charge in [-0.1, -0.05) is 52.5 Å². The Hall–Kier alpha value is -7.72. The number of ether oxygens (including phenoxy) is 2. The van der Waals surface area contributed by atoms with Crippen molar-refractivity contribution in [3.63, 3.8) is 0 Å². The predicted octanol–water partition coefficient (Wildman–Crippen LogP) is 2.75. The van der Waals surface area contributed by atoms with Crippen molar-refractivity contribution < 1.29 is 29.3 Å². The van der Waals surface area contributed by atoms with E-state index < -0.39 is 34.4 Å². The Balaban J connectivity index is 1.18. The topological polar surface area (TPSA) is 242 Å². The molecule has 0 unspecified atom stereocenters. The molecular formula is C32H18N8O8. The molecule has 16 heteroatoms. The summed E-state index contributed by atoms with van der Waals surface area (Å²) in [6, 6.07) is 20.1. The van der Waals surface area contributed by atoms with E-state index in [2.05, 4.69) is 64.5 Å². The van der Waals surface area contributed by atoms with E-state index in [-0.39, 0.29) is 34.6 Å². The van der Waals surface area contributed by atoms with E-state index in [1.54, 1.807) is 12.1 Å². The average Bonchev–Trinajstić information content (AvgIpc) is 3.73. The van der Waals surface area contributed by atoms with E-state index in [9.17, 15) is 24.3 Å². The molecule has 0 aliphatic heterocycles. The third-order valence-electron chi connectivity index (χ3n) is 6.31. The monoisotopic (exact) mass is 642 g/mol. The van der Waals surface area contributed by atoms with Crippen LogP contribution in [0.4, 0.5) is 0 Å². The number of carboxylic acid groups (broad SMARTS) is 2. The lowest BCUT2D eigenvalue weighted by molar-refractivity contribution is 0.0676. The lowest BCUT2D eigenvalue weighted by Gasteiger charge is -2.04. The number of aromatic carboxylic acids is 2. The summed E-state index contributed by atoms with van der Waals surface area (Å²) in [6.07, 6.45) is 0. The quantitative estimate of drug-likeness (QED) is 0.138. The van der Waals surface area contributed by atoms with Gasteiger partial charge in [-0.15, -0.1) is 10.2 Å². The maximum absolute atomic E-state index is 12.6. The second-order valence-corrected chi connectivity index (χ2v) is 9.61. The van der Waals surface area contributed by atoms with E-state index >= 15 is 0 Å². The molecule has 16 nitrogen and oxygen atoms in total. The summed E-state index contributed by atoms with van der Waals surface area (Å²) >= 11 is 0. The summed E-state index contributed by atoms with van der Waals surface area (Å²) in [5.41, 5.74) is 1.37. The molecule has 0 saturated heterocycles. The molecule has 0 bridgehead atoms. The molecule has 6 rings (SSSR count). The average molecular weight is 643 g/mol. The molecule has 0 atom stereocenters.